The highest BCUT2D eigenvalue weighted by Gasteiger charge is 2.08. The fourth-order valence-electron chi connectivity index (χ4n) is 2.07. The van der Waals surface area contributed by atoms with E-state index in [-0.39, 0.29) is 5.91 Å². The molecular weight excluding hydrogens is 328 g/mol. The fourth-order valence-corrected chi connectivity index (χ4v) is 2.20. The lowest BCUT2D eigenvalue weighted by Crippen LogP contribution is -2.26. The Morgan fingerprint density at radius 2 is 2.00 bits per heavy atom. The molecule has 2 aromatic rings. The third kappa shape index (κ3) is 6.14. The second-order valence-electron chi connectivity index (χ2n) is 5.19. The van der Waals surface area contributed by atoms with Gasteiger partial charge in [-0.25, -0.2) is 9.97 Å². The van der Waals surface area contributed by atoms with E-state index in [0.29, 0.717) is 29.7 Å². The Morgan fingerprint density at radius 1 is 1.21 bits per heavy atom. The number of nitrogens with one attached hydrogen (secondary N) is 2. The van der Waals surface area contributed by atoms with Gasteiger partial charge in [-0.3, -0.25) is 4.79 Å². The number of ether oxygens (including phenoxy) is 1. The zero-order valence-corrected chi connectivity index (χ0v) is 14.3. The molecule has 0 saturated heterocycles. The molecule has 7 heteroatoms. The molecular formula is C17H21ClN4O2. The van der Waals surface area contributed by atoms with Crippen molar-refractivity contribution in [1.82, 2.24) is 15.3 Å². The molecule has 0 aliphatic rings. The summed E-state index contributed by atoms with van der Waals surface area (Å²) in [6.45, 7) is 1.93. The molecule has 2 N–H and O–H groups in total. The Hall–Kier alpha value is -2.18. The van der Waals surface area contributed by atoms with E-state index >= 15 is 0 Å². The van der Waals surface area contributed by atoms with Crippen LogP contribution >= 0.6 is 11.6 Å². The number of nitrogens with zero attached hydrogens (tertiary/aromatic N) is 2. The standard InChI is InChI=1S/C17H21ClN4O2/c1-24-10-2-8-19-16-11-15(21-12-22-16)17(23)20-9-7-13-3-5-14(18)6-4-13/h3-6,11-12H,2,7-10H2,1H3,(H,20,23)(H,19,21,22). The zero-order valence-electron chi connectivity index (χ0n) is 13.6. The minimum atomic E-state index is -0.216. The molecule has 0 spiro atoms. The first kappa shape index (κ1) is 18.2. The molecule has 0 atom stereocenters. The predicted molar refractivity (Wildman–Crippen MR) is 94.5 cm³/mol. The van der Waals surface area contributed by atoms with Crippen LogP contribution in [0, 0.1) is 0 Å². The van der Waals surface area contributed by atoms with Crippen LogP contribution in [-0.2, 0) is 11.2 Å². The molecule has 0 unspecified atom stereocenters. The van der Waals surface area contributed by atoms with Crippen LogP contribution in [0.5, 0.6) is 0 Å². The Balaban J connectivity index is 1.80. The monoisotopic (exact) mass is 348 g/mol. The maximum Gasteiger partial charge on any atom is 0.270 e. The van der Waals surface area contributed by atoms with Crippen LogP contribution in [0.15, 0.2) is 36.7 Å². The summed E-state index contributed by atoms with van der Waals surface area (Å²) in [5.74, 6) is 0.412. The summed E-state index contributed by atoms with van der Waals surface area (Å²) in [4.78, 5) is 20.3. The minimum Gasteiger partial charge on any atom is -0.385 e. The maximum atomic E-state index is 12.1. The molecule has 2 rings (SSSR count). The number of amides is 1. The number of carbonyl (C=O) groups is 1. The molecule has 128 valence electrons. The van der Waals surface area contributed by atoms with Crippen molar-refractivity contribution in [2.45, 2.75) is 12.8 Å². The smallest absolute Gasteiger partial charge is 0.270 e. The summed E-state index contributed by atoms with van der Waals surface area (Å²) in [6, 6.07) is 9.21. The number of methoxy groups -OCH3 is 1. The quantitative estimate of drug-likeness (QED) is 0.681. The summed E-state index contributed by atoms with van der Waals surface area (Å²) in [5.41, 5.74) is 1.46. The normalized spacial score (nSPS) is 10.4. The topological polar surface area (TPSA) is 76.1 Å². The van der Waals surface area contributed by atoms with Gasteiger partial charge in [0, 0.05) is 37.9 Å². The average Bonchev–Trinajstić information content (AvgIpc) is 2.61. The summed E-state index contributed by atoms with van der Waals surface area (Å²) < 4.78 is 4.98. The summed E-state index contributed by atoms with van der Waals surface area (Å²) in [7, 11) is 1.66. The van der Waals surface area contributed by atoms with Gasteiger partial charge in [0.2, 0.25) is 0 Å². The number of rotatable bonds is 9. The molecule has 1 amide bonds. The minimum absolute atomic E-state index is 0.216. The molecule has 1 aromatic heterocycles. The van der Waals surface area contributed by atoms with Gasteiger partial charge < -0.3 is 15.4 Å². The molecule has 1 aromatic carbocycles. The molecule has 0 bridgehead atoms. The van der Waals surface area contributed by atoms with Crippen molar-refractivity contribution in [3.63, 3.8) is 0 Å². The van der Waals surface area contributed by atoms with E-state index < -0.39 is 0 Å². The van der Waals surface area contributed by atoms with Crippen molar-refractivity contribution in [1.29, 1.82) is 0 Å². The van der Waals surface area contributed by atoms with Crippen molar-refractivity contribution in [2.24, 2.45) is 0 Å². The van der Waals surface area contributed by atoms with Gasteiger partial charge in [0.1, 0.15) is 17.8 Å². The van der Waals surface area contributed by atoms with E-state index in [1.165, 1.54) is 6.33 Å². The van der Waals surface area contributed by atoms with Crippen molar-refractivity contribution >= 4 is 23.3 Å². The second-order valence-corrected chi connectivity index (χ2v) is 5.63. The largest absolute Gasteiger partial charge is 0.385 e. The Kier molecular flexibility index (Phi) is 7.45. The van der Waals surface area contributed by atoms with Crippen molar-refractivity contribution in [2.75, 3.05) is 32.1 Å². The summed E-state index contributed by atoms with van der Waals surface area (Å²) in [5, 5.41) is 6.70. The van der Waals surface area contributed by atoms with Crippen LogP contribution in [-0.4, -0.2) is 42.7 Å². The highest BCUT2D eigenvalue weighted by atomic mass is 35.5. The lowest BCUT2D eigenvalue weighted by Gasteiger charge is -2.08. The van der Waals surface area contributed by atoms with Crippen molar-refractivity contribution < 1.29 is 9.53 Å². The van der Waals surface area contributed by atoms with Crippen molar-refractivity contribution in [3.8, 4) is 0 Å². The van der Waals surface area contributed by atoms with Crippen LogP contribution in [0.2, 0.25) is 5.02 Å². The number of halogens is 1. The molecule has 6 nitrogen and oxygen atoms in total. The second kappa shape index (κ2) is 9.85. The van der Waals surface area contributed by atoms with E-state index in [4.69, 9.17) is 16.3 Å². The van der Waals surface area contributed by atoms with E-state index in [1.54, 1.807) is 13.2 Å². The highest BCUT2D eigenvalue weighted by Crippen LogP contribution is 2.09. The van der Waals surface area contributed by atoms with Gasteiger partial charge in [-0.1, -0.05) is 23.7 Å². The summed E-state index contributed by atoms with van der Waals surface area (Å²) in [6.07, 6.45) is 2.98. The van der Waals surface area contributed by atoms with E-state index in [9.17, 15) is 4.79 Å². The zero-order chi connectivity index (χ0) is 17.2. The van der Waals surface area contributed by atoms with Crippen molar-refractivity contribution in [3.05, 3.63) is 52.9 Å². The molecule has 0 radical (unpaired) electrons. The van der Waals surface area contributed by atoms with Gasteiger partial charge >= 0.3 is 0 Å². The third-order valence-corrected chi connectivity index (χ3v) is 3.60. The van der Waals surface area contributed by atoms with Gasteiger partial charge in [0.15, 0.2) is 0 Å². The van der Waals surface area contributed by atoms with E-state index in [2.05, 4.69) is 20.6 Å². The number of hydrogen-bond acceptors (Lipinski definition) is 5. The van der Waals surface area contributed by atoms with Gasteiger partial charge in [-0.05, 0) is 30.5 Å². The SMILES string of the molecule is COCCCNc1cc(C(=O)NCCc2ccc(Cl)cc2)ncn1. The number of aromatic nitrogens is 2. The average molecular weight is 349 g/mol. The van der Waals surface area contributed by atoms with E-state index in [1.807, 2.05) is 24.3 Å². The van der Waals surface area contributed by atoms with Crippen LogP contribution in [0.3, 0.4) is 0 Å². The Morgan fingerprint density at radius 3 is 2.75 bits per heavy atom. The number of carbonyl (C=O) groups excluding carboxylic acids is 1. The van der Waals surface area contributed by atoms with Gasteiger partial charge in [0.25, 0.3) is 5.91 Å². The molecule has 0 fully saturated rings. The molecule has 1 heterocycles. The first-order valence-corrected chi connectivity index (χ1v) is 8.14. The van der Waals surface area contributed by atoms with E-state index in [0.717, 1.165) is 24.9 Å². The van der Waals surface area contributed by atoms with Crippen LogP contribution in [0.1, 0.15) is 22.5 Å². The third-order valence-electron chi connectivity index (χ3n) is 3.34. The Labute approximate surface area is 146 Å². The van der Waals surface area contributed by atoms with Gasteiger partial charge in [-0.15, -0.1) is 0 Å². The highest BCUT2D eigenvalue weighted by molar-refractivity contribution is 6.30. The number of benzene rings is 1. The number of anilines is 1. The summed E-state index contributed by atoms with van der Waals surface area (Å²) >= 11 is 5.85. The maximum absolute atomic E-state index is 12.1. The van der Waals surface area contributed by atoms with Crippen LogP contribution in [0.25, 0.3) is 0 Å². The first-order valence-electron chi connectivity index (χ1n) is 7.76. The molecule has 0 aliphatic heterocycles. The van der Waals surface area contributed by atoms with Crippen LogP contribution in [0.4, 0.5) is 5.82 Å². The number of hydrogen-bond donors (Lipinski definition) is 2. The Bertz CT molecular complexity index is 649. The molecule has 24 heavy (non-hydrogen) atoms. The lowest BCUT2D eigenvalue weighted by molar-refractivity contribution is 0.0949. The van der Waals surface area contributed by atoms with Gasteiger partial charge in [-0.2, -0.15) is 0 Å². The first-order chi connectivity index (χ1) is 11.7. The van der Waals surface area contributed by atoms with Gasteiger partial charge in [0.05, 0.1) is 0 Å². The molecule has 0 saturated carbocycles. The van der Waals surface area contributed by atoms with Crippen LogP contribution < -0.4 is 10.6 Å². The fraction of sp³-hybridized carbons (Fsp3) is 0.353. The molecule has 0 aliphatic carbocycles. The lowest BCUT2D eigenvalue weighted by atomic mass is 10.1. The predicted octanol–water partition coefficient (Wildman–Crippen LogP) is 2.55.